The first-order valence-corrected chi connectivity index (χ1v) is 4.76. The van der Waals surface area contributed by atoms with Gasteiger partial charge in [0.15, 0.2) is 0 Å². The van der Waals surface area contributed by atoms with Crippen molar-refractivity contribution in [2.24, 2.45) is 0 Å². The Morgan fingerprint density at radius 2 is 2.60 bits per heavy atom. The Hall–Kier alpha value is 0.340. The van der Waals surface area contributed by atoms with Gasteiger partial charge in [-0.05, 0) is 24.4 Å². The van der Waals surface area contributed by atoms with E-state index in [2.05, 4.69) is 17.3 Å². The molecule has 3 heteroatoms. The van der Waals surface area contributed by atoms with Crippen LogP contribution < -0.4 is 0 Å². The number of unbranched alkanes of at least 4 members (excludes halogenated alkanes) is 1. The summed E-state index contributed by atoms with van der Waals surface area (Å²) in [5.74, 6) is 0. The molecule has 0 saturated heterocycles. The van der Waals surface area contributed by atoms with Gasteiger partial charge in [-0.15, -0.1) is 0 Å². The molecule has 0 unspecified atom stereocenters. The Kier molecular flexibility index (Phi) is 3.60. The predicted molar refractivity (Wildman–Crippen MR) is 48.0 cm³/mol. The maximum atomic E-state index is 5.77. The lowest BCUT2D eigenvalue weighted by atomic mass is 10.3. The number of halogens is 1. The van der Waals surface area contributed by atoms with Crippen molar-refractivity contribution < 1.29 is 0 Å². The van der Waals surface area contributed by atoms with Gasteiger partial charge in [0.2, 0.25) is 0 Å². The van der Waals surface area contributed by atoms with Crippen molar-refractivity contribution in [3.63, 3.8) is 0 Å². The van der Waals surface area contributed by atoms with Crippen molar-refractivity contribution in [1.82, 2.24) is 4.31 Å². The minimum atomic E-state index is 0.927. The molecule has 0 fully saturated rings. The van der Waals surface area contributed by atoms with E-state index < -0.39 is 0 Å². The number of rotatable bonds is 3. The first-order valence-electron chi connectivity index (χ1n) is 3.61. The van der Waals surface area contributed by atoms with E-state index in [9.17, 15) is 0 Å². The topological polar surface area (TPSA) is 3.24 Å². The van der Waals surface area contributed by atoms with Gasteiger partial charge in [0, 0.05) is 13.1 Å². The first-order chi connectivity index (χ1) is 4.83. The Morgan fingerprint density at radius 3 is 3.10 bits per heavy atom. The Labute approximate surface area is 71.6 Å². The van der Waals surface area contributed by atoms with Gasteiger partial charge in [0.1, 0.15) is 0 Å². The molecular weight excluding hydrogens is 166 g/mol. The van der Waals surface area contributed by atoms with Gasteiger partial charge < -0.3 is 0 Å². The van der Waals surface area contributed by atoms with Crippen LogP contribution in [0.4, 0.5) is 0 Å². The van der Waals surface area contributed by atoms with E-state index in [0.717, 1.165) is 17.5 Å². The van der Waals surface area contributed by atoms with Crippen LogP contribution in [-0.2, 0) is 0 Å². The summed E-state index contributed by atoms with van der Waals surface area (Å²) in [6.07, 6.45) is 4.58. The van der Waals surface area contributed by atoms with E-state index in [1.54, 1.807) is 11.9 Å². The van der Waals surface area contributed by atoms with Crippen LogP contribution in [0.25, 0.3) is 0 Å². The largest absolute Gasteiger partial charge is 0.242 e. The van der Waals surface area contributed by atoms with Gasteiger partial charge in [-0.3, -0.25) is 0 Å². The molecule has 0 atom stereocenters. The summed E-state index contributed by atoms with van der Waals surface area (Å²) in [5.41, 5.74) is 0. The van der Waals surface area contributed by atoms with Crippen molar-refractivity contribution in [1.29, 1.82) is 0 Å². The second-order valence-corrected chi connectivity index (χ2v) is 4.11. The van der Waals surface area contributed by atoms with Gasteiger partial charge in [0.25, 0.3) is 0 Å². The highest BCUT2D eigenvalue weighted by molar-refractivity contribution is 8.02. The average Bonchev–Trinajstić information content (AvgIpc) is 2.31. The van der Waals surface area contributed by atoms with Crippen LogP contribution in [0.15, 0.2) is 10.4 Å². The Bertz CT molecular complexity index is 136. The third-order valence-electron chi connectivity index (χ3n) is 1.43. The molecule has 0 aliphatic carbocycles. The molecule has 1 aliphatic rings. The molecule has 0 spiro atoms. The summed E-state index contributed by atoms with van der Waals surface area (Å²) in [5, 5.41) is 0. The molecule has 0 saturated carbocycles. The normalized spacial score (nSPS) is 19.6. The van der Waals surface area contributed by atoms with Crippen molar-refractivity contribution in [2.45, 2.75) is 19.8 Å². The van der Waals surface area contributed by atoms with E-state index in [4.69, 9.17) is 11.6 Å². The summed E-state index contributed by atoms with van der Waals surface area (Å²) in [7, 11) is 0. The first kappa shape index (κ1) is 8.44. The van der Waals surface area contributed by atoms with E-state index in [-0.39, 0.29) is 0 Å². The molecule has 0 bridgehead atoms. The standard InChI is InChI=1S/C7H12ClNS/c1-2-3-5-9-6-4-7(8)10-9/h4H,2-3,5-6H2,1H3. The zero-order valence-electron chi connectivity index (χ0n) is 6.14. The SMILES string of the molecule is CCCCN1CC=C(Cl)S1. The zero-order chi connectivity index (χ0) is 7.40. The van der Waals surface area contributed by atoms with Gasteiger partial charge in [-0.1, -0.05) is 24.9 Å². The van der Waals surface area contributed by atoms with Gasteiger partial charge in [-0.2, -0.15) is 0 Å². The Balaban J connectivity index is 2.11. The molecule has 0 aromatic heterocycles. The second-order valence-electron chi connectivity index (χ2n) is 2.34. The fraction of sp³-hybridized carbons (Fsp3) is 0.714. The molecule has 0 aromatic carbocycles. The predicted octanol–water partition coefficient (Wildman–Crippen LogP) is 2.83. The van der Waals surface area contributed by atoms with E-state index in [1.807, 2.05) is 0 Å². The van der Waals surface area contributed by atoms with Crippen molar-refractivity contribution in [2.75, 3.05) is 13.1 Å². The molecule has 58 valence electrons. The van der Waals surface area contributed by atoms with Gasteiger partial charge in [0.05, 0.1) is 4.36 Å². The van der Waals surface area contributed by atoms with E-state index in [0.29, 0.717) is 0 Å². The third kappa shape index (κ3) is 2.52. The lowest BCUT2D eigenvalue weighted by Gasteiger charge is -2.11. The van der Waals surface area contributed by atoms with Crippen molar-refractivity contribution >= 4 is 23.5 Å². The molecule has 0 amide bonds. The van der Waals surface area contributed by atoms with Crippen LogP contribution in [0.2, 0.25) is 0 Å². The van der Waals surface area contributed by atoms with Crippen LogP contribution in [0.1, 0.15) is 19.8 Å². The van der Waals surface area contributed by atoms with Crippen LogP contribution in [0.5, 0.6) is 0 Å². The second kappa shape index (κ2) is 4.27. The van der Waals surface area contributed by atoms with Crippen LogP contribution in [0, 0.1) is 0 Å². The van der Waals surface area contributed by atoms with Gasteiger partial charge in [-0.25, -0.2) is 4.31 Å². The minimum absolute atomic E-state index is 0.927. The highest BCUT2D eigenvalue weighted by Gasteiger charge is 2.11. The maximum Gasteiger partial charge on any atom is 0.0862 e. The Morgan fingerprint density at radius 1 is 1.80 bits per heavy atom. The highest BCUT2D eigenvalue weighted by atomic mass is 35.5. The number of hydrogen-bond acceptors (Lipinski definition) is 2. The van der Waals surface area contributed by atoms with Crippen LogP contribution in [0.3, 0.4) is 0 Å². The molecule has 1 heterocycles. The quantitative estimate of drug-likeness (QED) is 0.610. The zero-order valence-corrected chi connectivity index (χ0v) is 7.71. The molecule has 0 radical (unpaired) electrons. The summed E-state index contributed by atoms with van der Waals surface area (Å²) in [4.78, 5) is 0. The molecule has 1 aliphatic heterocycles. The van der Waals surface area contributed by atoms with Crippen LogP contribution in [-0.4, -0.2) is 17.4 Å². The summed E-state index contributed by atoms with van der Waals surface area (Å²) in [6, 6.07) is 0. The maximum absolute atomic E-state index is 5.77. The van der Waals surface area contributed by atoms with E-state index >= 15 is 0 Å². The molecule has 1 nitrogen and oxygen atoms in total. The molecule has 0 aromatic rings. The monoisotopic (exact) mass is 177 g/mol. The molecule has 0 N–H and O–H groups in total. The smallest absolute Gasteiger partial charge is 0.0862 e. The average molecular weight is 178 g/mol. The molecule has 1 rings (SSSR count). The molecule has 10 heavy (non-hydrogen) atoms. The lowest BCUT2D eigenvalue weighted by Crippen LogP contribution is -2.12. The number of hydrogen-bond donors (Lipinski definition) is 0. The highest BCUT2D eigenvalue weighted by Crippen LogP contribution is 2.30. The van der Waals surface area contributed by atoms with Crippen molar-refractivity contribution in [3.05, 3.63) is 10.4 Å². The minimum Gasteiger partial charge on any atom is -0.242 e. The summed E-state index contributed by atoms with van der Waals surface area (Å²) in [6.45, 7) is 4.38. The lowest BCUT2D eigenvalue weighted by molar-refractivity contribution is 0.507. The van der Waals surface area contributed by atoms with Crippen LogP contribution >= 0.6 is 23.5 Å². The number of nitrogens with zero attached hydrogens (tertiary/aromatic N) is 1. The van der Waals surface area contributed by atoms with Gasteiger partial charge >= 0.3 is 0 Å². The van der Waals surface area contributed by atoms with E-state index in [1.165, 1.54) is 12.8 Å². The fourth-order valence-electron chi connectivity index (χ4n) is 0.843. The fourth-order valence-corrected chi connectivity index (χ4v) is 1.97. The summed E-state index contributed by atoms with van der Waals surface area (Å²) >= 11 is 7.43. The molecular formula is C7H12ClNS. The van der Waals surface area contributed by atoms with Crippen molar-refractivity contribution in [3.8, 4) is 0 Å². The summed E-state index contributed by atoms with van der Waals surface area (Å²) < 4.78 is 3.21. The third-order valence-corrected chi connectivity index (χ3v) is 2.73.